The van der Waals surface area contributed by atoms with E-state index in [2.05, 4.69) is 184 Å². The zero-order valence-corrected chi connectivity index (χ0v) is 32.1. The zero-order valence-electron chi connectivity index (χ0n) is 30.5. The molecule has 0 nitrogen and oxygen atoms in total. The minimum absolute atomic E-state index is 0.0910. The van der Waals surface area contributed by atoms with Gasteiger partial charge in [0.1, 0.15) is 0 Å². The minimum Gasteiger partial charge on any atom is -0.135 e. The van der Waals surface area contributed by atoms with Crippen molar-refractivity contribution in [2.75, 3.05) is 0 Å². The Morgan fingerprint density at radius 1 is 0.309 bits per heavy atom. The number of hydrogen-bond acceptors (Lipinski definition) is 2. The average Bonchev–Trinajstić information content (AvgIpc) is 3.88. The fourth-order valence-corrected chi connectivity index (χ4v) is 12.3. The quantitative estimate of drug-likeness (QED) is 0.159. The summed E-state index contributed by atoms with van der Waals surface area (Å²) in [5.74, 6) is 0. The first-order chi connectivity index (χ1) is 27.1. The van der Waals surface area contributed by atoms with Crippen LogP contribution >= 0.6 is 22.7 Å². The predicted molar refractivity (Wildman–Crippen MR) is 241 cm³/mol. The van der Waals surface area contributed by atoms with Gasteiger partial charge in [-0.1, -0.05) is 166 Å². The molecule has 55 heavy (non-hydrogen) atoms. The van der Waals surface area contributed by atoms with Crippen molar-refractivity contribution >= 4 is 84.6 Å². The molecular weight excluding hydrogens is 701 g/mol. The van der Waals surface area contributed by atoms with E-state index in [1.54, 1.807) is 0 Å². The summed E-state index contributed by atoms with van der Waals surface area (Å²) in [5.41, 5.74) is 13.2. The lowest BCUT2D eigenvalue weighted by molar-refractivity contribution is 0.660. The van der Waals surface area contributed by atoms with Crippen molar-refractivity contribution in [3.05, 3.63) is 181 Å². The second-order valence-corrected chi connectivity index (χ2v) is 17.6. The molecule has 9 aromatic carbocycles. The van der Waals surface area contributed by atoms with Gasteiger partial charge in [0, 0.05) is 56.9 Å². The first-order valence-electron chi connectivity index (χ1n) is 19.1. The van der Waals surface area contributed by atoms with E-state index in [9.17, 15) is 0 Å². The van der Waals surface area contributed by atoms with Gasteiger partial charge in [-0.15, -0.1) is 22.7 Å². The molecular formula is C53H34S2. The Labute approximate surface area is 327 Å². The van der Waals surface area contributed by atoms with E-state index >= 15 is 0 Å². The fraction of sp³-hybridized carbons (Fsp3) is 0.0566. The van der Waals surface area contributed by atoms with E-state index in [1.165, 1.54) is 118 Å². The summed E-state index contributed by atoms with van der Waals surface area (Å²) in [7, 11) is 0. The first-order valence-corrected chi connectivity index (χ1v) is 20.7. The summed E-state index contributed by atoms with van der Waals surface area (Å²) in [6, 6.07) is 64.0. The van der Waals surface area contributed by atoms with Gasteiger partial charge in [0.15, 0.2) is 0 Å². The third-order valence-corrected chi connectivity index (χ3v) is 14.7. The smallest absolute Gasteiger partial charge is 0.0434 e. The average molecular weight is 735 g/mol. The zero-order chi connectivity index (χ0) is 36.4. The summed E-state index contributed by atoms with van der Waals surface area (Å²) in [6.45, 7) is 4.77. The second kappa shape index (κ2) is 11.5. The maximum Gasteiger partial charge on any atom is 0.0434 e. The van der Waals surface area contributed by atoms with E-state index < -0.39 is 0 Å². The van der Waals surface area contributed by atoms with Crippen molar-refractivity contribution in [2.45, 2.75) is 19.3 Å². The molecule has 0 atom stereocenters. The van der Waals surface area contributed by atoms with E-state index in [0.29, 0.717) is 0 Å². The number of fused-ring (bicyclic) bond motifs is 11. The maximum atomic E-state index is 2.51. The summed E-state index contributed by atoms with van der Waals surface area (Å²) in [6.07, 6.45) is 0. The lowest BCUT2D eigenvalue weighted by atomic mass is 9.81. The predicted octanol–water partition coefficient (Wildman–Crippen LogP) is 16.0. The molecule has 0 spiro atoms. The van der Waals surface area contributed by atoms with Gasteiger partial charge in [0.05, 0.1) is 0 Å². The van der Waals surface area contributed by atoms with E-state index in [4.69, 9.17) is 0 Å². The largest absolute Gasteiger partial charge is 0.135 e. The van der Waals surface area contributed by atoms with Gasteiger partial charge in [-0.3, -0.25) is 0 Å². The summed E-state index contributed by atoms with van der Waals surface area (Å²) < 4.78 is 5.35. The van der Waals surface area contributed by atoms with Gasteiger partial charge in [-0.25, -0.2) is 0 Å². The molecule has 0 fully saturated rings. The van der Waals surface area contributed by atoms with Crippen LogP contribution in [0.25, 0.3) is 106 Å². The highest BCUT2D eigenvalue weighted by Gasteiger charge is 2.37. The molecule has 0 saturated carbocycles. The normalized spacial score (nSPS) is 13.4. The van der Waals surface area contributed by atoms with Crippen LogP contribution in [0.1, 0.15) is 25.0 Å². The molecule has 0 radical (unpaired) electrons. The lowest BCUT2D eigenvalue weighted by Crippen LogP contribution is -2.14. The Balaban J connectivity index is 1.24. The fourth-order valence-electron chi connectivity index (χ4n) is 9.81. The van der Waals surface area contributed by atoms with Crippen molar-refractivity contribution in [3.63, 3.8) is 0 Å². The summed E-state index contributed by atoms with van der Waals surface area (Å²) in [4.78, 5) is 0. The minimum atomic E-state index is -0.0910. The first kappa shape index (κ1) is 31.3. The van der Waals surface area contributed by atoms with Crippen LogP contribution in [0.2, 0.25) is 0 Å². The molecule has 0 saturated heterocycles. The molecule has 0 N–H and O–H groups in total. The second-order valence-electron chi connectivity index (χ2n) is 15.5. The van der Waals surface area contributed by atoms with Crippen LogP contribution in [0.3, 0.4) is 0 Å². The molecule has 2 heteroatoms. The third kappa shape index (κ3) is 4.33. The van der Waals surface area contributed by atoms with E-state index in [0.717, 1.165) is 0 Å². The number of thiophene rings is 2. The number of rotatable bonds is 3. The van der Waals surface area contributed by atoms with Crippen molar-refractivity contribution in [3.8, 4) is 44.5 Å². The third-order valence-electron chi connectivity index (χ3n) is 12.3. The van der Waals surface area contributed by atoms with Crippen LogP contribution in [0.4, 0.5) is 0 Å². The molecule has 1 aliphatic carbocycles. The molecule has 0 amide bonds. The highest BCUT2D eigenvalue weighted by Crippen LogP contribution is 2.55. The highest BCUT2D eigenvalue weighted by molar-refractivity contribution is 7.26. The molecule has 2 aromatic heterocycles. The molecule has 0 unspecified atom stereocenters. The SMILES string of the molecule is CC1(C)c2ccccc2-c2c(-c3c4cccc(-c5cccc6c5sc5ccccc56)c4cc4c(-c5cccc6c5sc5ccccc56)cccc34)cccc21. The Hall–Kier alpha value is -6.06. The topological polar surface area (TPSA) is 0 Å². The Morgan fingerprint density at radius 3 is 1.33 bits per heavy atom. The summed E-state index contributed by atoms with van der Waals surface area (Å²) >= 11 is 3.82. The van der Waals surface area contributed by atoms with Crippen LogP contribution < -0.4 is 0 Å². The molecule has 2 heterocycles. The molecule has 0 bridgehead atoms. The van der Waals surface area contributed by atoms with Crippen molar-refractivity contribution in [1.29, 1.82) is 0 Å². The van der Waals surface area contributed by atoms with Crippen LogP contribution in [-0.2, 0) is 5.41 Å². The Kier molecular flexibility index (Phi) is 6.53. The Bertz CT molecular complexity index is 3240. The van der Waals surface area contributed by atoms with Gasteiger partial charge in [0.25, 0.3) is 0 Å². The number of hydrogen-bond donors (Lipinski definition) is 0. The van der Waals surface area contributed by atoms with Crippen LogP contribution in [0.5, 0.6) is 0 Å². The molecule has 1 aliphatic rings. The van der Waals surface area contributed by atoms with Crippen molar-refractivity contribution in [2.24, 2.45) is 0 Å². The lowest BCUT2D eigenvalue weighted by Gasteiger charge is -2.22. The number of benzene rings is 9. The van der Waals surface area contributed by atoms with Gasteiger partial charge in [0.2, 0.25) is 0 Å². The van der Waals surface area contributed by atoms with Crippen LogP contribution in [0, 0.1) is 0 Å². The van der Waals surface area contributed by atoms with Gasteiger partial charge >= 0.3 is 0 Å². The molecule has 11 aromatic rings. The van der Waals surface area contributed by atoms with Crippen molar-refractivity contribution in [1.82, 2.24) is 0 Å². The maximum absolute atomic E-state index is 2.51. The van der Waals surface area contributed by atoms with Crippen LogP contribution in [-0.4, -0.2) is 0 Å². The molecule has 0 aliphatic heterocycles. The standard InChI is InChI=1S/C53H34S2/c1-53(2)45-26-6-3-16-41(45)50-42(25-13-27-46(50)53)49-35-19-9-17-31(37-21-11-23-39-33-14-4-7-28-47(33)54-51(37)39)43(35)30-44-32(18-10-20-36(44)49)38-22-12-24-40-34-15-5-8-29-48(34)55-52(38)40/h3-30H,1-2H3. The van der Waals surface area contributed by atoms with Gasteiger partial charge in [-0.2, -0.15) is 0 Å². The molecule has 258 valence electrons. The van der Waals surface area contributed by atoms with Gasteiger partial charge < -0.3 is 0 Å². The van der Waals surface area contributed by atoms with E-state index in [1.807, 2.05) is 22.7 Å². The summed E-state index contributed by atoms with van der Waals surface area (Å²) in [5, 5.41) is 10.5. The monoisotopic (exact) mass is 734 g/mol. The van der Waals surface area contributed by atoms with Crippen LogP contribution in [0.15, 0.2) is 170 Å². The van der Waals surface area contributed by atoms with Crippen molar-refractivity contribution < 1.29 is 0 Å². The van der Waals surface area contributed by atoms with Gasteiger partial charge in [-0.05, 0) is 84.3 Å². The van der Waals surface area contributed by atoms with E-state index in [-0.39, 0.29) is 5.41 Å². The molecule has 12 rings (SSSR count). The Morgan fingerprint density at radius 2 is 0.727 bits per heavy atom. The highest BCUT2D eigenvalue weighted by atomic mass is 32.1.